The van der Waals surface area contributed by atoms with Gasteiger partial charge in [0.2, 0.25) is 0 Å². The number of nitrogens with one attached hydrogen (secondary N) is 1. The lowest BCUT2D eigenvalue weighted by atomic mass is 10.1. The molecular weight excluding hydrogens is 518 g/mol. The number of anilines is 1. The molecule has 3 rings (SSSR count). The summed E-state index contributed by atoms with van der Waals surface area (Å²) in [4.78, 5) is 25.1. The first-order valence-electron chi connectivity index (χ1n) is 9.70. The van der Waals surface area contributed by atoms with E-state index in [1.807, 2.05) is 48.5 Å². The van der Waals surface area contributed by atoms with Crippen LogP contribution in [0.1, 0.15) is 22.2 Å². The Morgan fingerprint density at radius 3 is 2.59 bits per heavy atom. The lowest BCUT2D eigenvalue weighted by molar-refractivity contribution is -0.145. The minimum atomic E-state index is -0.544. The van der Waals surface area contributed by atoms with Gasteiger partial charge in [0.15, 0.2) is 17.2 Å². The van der Waals surface area contributed by atoms with Crippen molar-refractivity contribution in [3.8, 4) is 16.2 Å². The van der Waals surface area contributed by atoms with Crippen LogP contribution in [0.25, 0.3) is 10.4 Å². The maximum absolute atomic E-state index is 12.3. The van der Waals surface area contributed by atoms with Crippen molar-refractivity contribution in [1.82, 2.24) is 0 Å². The van der Waals surface area contributed by atoms with Crippen LogP contribution in [0.2, 0.25) is 5.02 Å². The second-order valence-corrected chi connectivity index (χ2v) is 8.80. The molecular formula is C23H21BrClNO5S. The van der Waals surface area contributed by atoms with E-state index in [4.69, 9.17) is 25.8 Å². The van der Waals surface area contributed by atoms with Crippen LogP contribution in [0, 0.1) is 0 Å². The fraction of sp³-hybridized carbons (Fsp3) is 0.217. The first-order chi connectivity index (χ1) is 15.4. The summed E-state index contributed by atoms with van der Waals surface area (Å²) < 4.78 is 16.0. The van der Waals surface area contributed by atoms with E-state index in [0.717, 1.165) is 21.7 Å². The summed E-state index contributed by atoms with van der Waals surface area (Å²) in [5.41, 5.74) is 2.88. The molecule has 0 bridgehead atoms. The molecule has 0 spiro atoms. The highest BCUT2D eigenvalue weighted by Gasteiger charge is 2.25. The lowest BCUT2D eigenvalue weighted by Gasteiger charge is -2.09. The van der Waals surface area contributed by atoms with Gasteiger partial charge in [-0.2, -0.15) is 0 Å². The summed E-state index contributed by atoms with van der Waals surface area (Å²) in [5.74, 6) is -0.807. The predicted molar refractivity (Wildman–Crippen MR) is 130 cm³/mol. The third-order valence-electron chi connectivity index (χ3n) is 4.35. The average molecular weight is 539 g/mol. The molecule has 0 aliphatic rings. The van der Waals surface area contributed by atoms with Crippen LogP contribution in [-0.4, -0.2) is 32.3 Å². The van der Waals surface area contributed by atoms with Gasteiger partial charge >= 0.3 is 11.9 Å². The Kier molecular flexibility index (Phi) is 8.55. The number of methoxy groups -OCH3 is 1. The van der Waals surface area contributed by atoms with Crippen molar-refractivity contribution in [3.05, 3.63) is 68.5 Å². The third-order valence-corrected chi connectivity index (χ3v) is 6.83. The molecule has 3 aromatic rings. The largest absolute Gasteiger partial charge is 0.479 e. The number of hydrogen-bond acceptors (Lipinski definition) is 7. The molecule has 168 valence electrons. The van der Waals surface area contributed by atoms with Gasteiger partial charge in [-0.15, -0.1) is 11.3 Å². The minimum absolute atomic E-state index is 0.248. The number of ether oxygens (including phenoxy) is 3. The third kappa shape index (κ3) is 6.03. The van der Waals surface area contributed by atoms with Crippen LogP contribution in [-0.2, 0) is 20.8 Å². The first-order valence-corrected chi connectivity index (χ1v) is 11.7. The van der Waals surface area contributed by atoms with Gasteiger partial charge in [-0.05, 0) is 58.2 Å². The number of thiophene rings is 1. The highest BCUT2D eigenvalue weighted by Crippen LogP contribution is 2.46. The minimum Gasteiger partial charge on any atom is -0.479 e. The maximum atomic E-state index is 12.3. The van der Waals surface area contributed by atoms with Crippen LogP contribution in [0.5, 0.6) is 5.75 Å². The van der Waals surface area contributed by atoms with Crippen molar-refractivity contribution in [3.63, 3.8) is 0 Å². The molecule has 0 radical (unpaired) electrons. The smallest absolute Gasteiger partial charge is 0.351 e. The van der Waals surface area contributed by atoms with E-state index in [0.29, 0.717) is 16.0 Å². The quantitative estimate of drug-likeness (QED) is 0.328. The topological polar surface area (TPSA) is 73.9 Å². The predicted octanol–water partition coefficient (Wildman–Crippen LogP) is 6.17. The first kappa shape index (κ1) is 24.1. The van der Waals surface area contributed by atoms with Crippen molar-refractivity contribution in [2.24, 2.45) is 0 Å². The molecule has 0 unspecified atom stereocenters. The van der Waals surface area contributed by atoms with Gasteiger partial charge in [-0.3, -0.25) is 0 Å². The van der Waals surface area contributed by atoms with Crippen LogP contribution in [0.4, 0.5) is 5.69 Å². The molecule has 9 heteroatoms. The van der Waals surface area contributed by atoms with Crippen molar-refractivity contribution >= 4 is 56.5 Å². The molecule has 0 fully saturated rings. The molecule has 0 amide bonds. The number of benzene rings is 2. The molecule has 2 aromatic carbocycles. The fourth-order valence-electron chi connectivity index (χ4n) is 2.85. The number of carbonyl (C=O) groups excluding carboxylic acids is 2. The van der Waals surface area contributed by atoms with E-state index in [-0.39, 0.29) is 23.8 Å². The monoisotopic (exact) mass is 537 g/mol. The molecule has 0 atom stereocenters. The van der Waals surface area contributed by atoms with E-state index in [9.17, 15) is 9.59 Å². The Morgan fingerprint density at radius 2 is 1.91 bits per heavy atom. The second kappa shape index (κ2) is 11.4. The Balaban J connectivity index is 1.84. The summed E-state index contributed by atoms with van der Waals surface area (Å²) in [6, 6.07) is 15.4. The fourth-order valence-corrected chi connectivity index (χ4v) is 4.94. The van der Waals surface area contributed by atoms with E-state index >= 15 is 0 Å². The Labute approximate surface area is 203 Å². The normalized spacial score (nSPS) is 10.5. The van der Waals surface area contributed by atoms with Gasteiger partial charge < -0.3 is 19.5 Å². The van der Waals surface area contributed by atoms with E-state index in [1.165, 1.54) is 18.4 Å². The van der Waals surface area contributed by atoms with Gasteiger partial charge in [-0.1, -0.05) is 35.9 Å². The van der Waals surface area contributed by atoms with E-state index < -0.39 is 11.9 Å². The van der Waals surface area contributed by atoms with Crippen molar-refractivity contribution < 1.29 is 23.8 Å². The summed E-state index contributed by atoms with van der Waals surface area (Å²) in [7, 11) is 1.30. The van der Waals surface area contributed by atoms with Crippen molar-refractivity contribution in [2.45, 2.75) is 13.5 Å². The molecule has 32 heavy (non-hydrogen) atoms. The highest BCUT2D eigenvalue weighted by molar-refractivity contribution is 9.10. The van der Waals surface area contributed by atoms with Crippen molar-refractivity contribution in [1.29, 1.82) is 0 Å². The van der Waals surface area contributed by atoms with Crippen LogP contribution >= 0.6 is 38.9 Å². The zero-order valence-electron chi connectivity index (χ0n) is 17.4. The summed E-state index contributed by atoms with van der Waals surface area (Å²) in [5, 5.41) is 4.08. The van der Waals surface area contributed by atoms with Crippen LogP contribution in [0.3, 0.4) is 0 Å². The van der Waals surface area contributed by atoms with Crippen molar-refractivity contribution in [2.75, 3.05) is 25.6 Å². The standard InChI is InChI=1S/C23H21BrClNO5S/c1-3-30-18(27)13-31-20-19(24)21(32-22(20)23(28)29-2)15-5-4-6-17(11-15)26-12-14-7-9-16(25)10-8-14/h4-11,26H,3,12-13H2,1-2H3. The SMILES string of the molecule is CCOC(=O)COc1c(C(=O)OC)sc(-c2cccc(NCc3ccc(Cl)cc3)c2)c1Br. The highest BCUT2D eigenvalue weighted by atomic mass is 79.9. The van der Waals surface area contributed by atoms with Gasteiger partial charge in [0, 0.05) is 17.3 Å². The summed E-state index contributed by atoms with van der Waals surface area (Å²) in [6.07, 6.45) is 0. The zero-order valence-corrected chi connectivity index (χ0v) is 20.6. The molecule has 1 aromatic heterocycles. The molecule has 1 heterocycles. The van der Waals surface area contributed by atoms with E-state index in [1.54, 1.807) is 6.92 Å². The summed E-state index contributed by atoms with van der Waals surface area (Å²) in [6.45, 7) is 2.28. The number of halogens is 2. The van der Waals surface area contributed by atoms with Gasteiger partial charge in [0.05, 0.1) is 23.1 Å². The average Bonchev–Trinajstić information content (AvgIpc) is 3.13. The molecule has 0 saturated carbocycles. The second-order valence-electron chi connectivity index (χ2n) is 6.55. The molecule has 0 aliphatic carbocycles. The molecule has 0 saturated heterocycles. The van der Waals surface area contributed by atoms with Gasteiger partial charge in [0.25, 0.3) is 0 Å². The number of esters is 2. The van der Waals surface area contributed by atoms with Gasteiger partial charge in [-0.25, -0.2) is 9.59 Å². The number of hydrogen-bond donors (Lipinski definition) is 1. The molecule has 1 N–H and O–H groups in total. The molecule has 6 nitrogen and oxygen atoms in total. The molecule has 0 aliphatic heterocycles. The van der Waals surface area contributed by atoms with Crippen LogP contribution in [0.15, 0.2) is 53.0 Å². The number of carbonyl (C=O) groups is 2. The Bertz CT molecular complexity index is 1100. The van der Waals surface area contributed by atoms with Gasteiger partial charge in [0.1, 0.15) is 0 Å². The number of rotatable bonds is 9. The lowest BCUT2D eigenvalue weighted by Crippen LogP contribution is -2.15. The Morgan fingerprint density at radius 1 is 1.16 bits per heavy atom. The zero-order chi connectivity index (χ0) is 23.1. The maximum Gasteiger partial charge on any atom is 0.351 e. The Hall–Kier alpha value is -2.55. The summed E-state index contributed by atoms with van der Waals surface area (Å²) >= 11 is 10.7. The van der Waals surface area contributed by atoms with E-state index in [2.05, 4.69) is 21.2 Å². The van der Waals surface area contributed by atoms with Crippen LogP contribution < -0.4 is 10.1 Å².